The summed E-state index contributed by atoms with van der Waals surface area (Å²) in [6, 6.07) is 8.54. The second-order valence-corrected chi connectivity index (χ2v) is 6.19. The number of fused-ring (bicyclic) bond motifs is 3. The Morgan fingerprint density at radius 3 is 2.89 bits per heavy atom. The minimum atomic E-state index is 0.903. The van der Waals surface area contributed by atoms with Gasteiger partial charge in [0.2, 0.25) is 0 Å². The molecular formula is C16H20N2. The molecular weight excluding hydrogens is 220 g/mol. The van der Waals surface area contributed by atoms with E-state index in [-0.39, 0.29) is 0 Å². The van der Waals surface area contributed by atoms with Crippen molar-refractivity contribution in [3.63, 3.8) is 0 Å². The summed E-state index contributed by atoms with van der Waals surface area (Å²) in [6.45, 7) is 3.33. The van der Waals surface area contributed by atoms with Crippen LogP contribution in [0.1, 0.15) is 31.5 Å². The summed E-state index contributed by atoms with van der Waals surface area (Å²) in [7, 11) is 0. The number of para-hydroxylation sites is 2. The third kappa shape index (κ3) is 1.51. The number of imidazole rings is 1. The lowest BCUT2D eigenvalue weighted by atomic mass is 9.89. The summed E-state index contributed by atoms with van der Waals surface area (Å²) in [5.74, 6) is 4.12. The first-order valence-corrected chi connectivity index (χ1v) is 7.23. The molecule has 2 heteroatoms. The van der Waals surface area contributed by atoms with E-state index in [1.54, 1.807) is 0 Å². The van der Waals surface area contributed by atoms with Gasteiger partial charge in [-0.1, -0.05) is 18.6 Å². The highest BCUT2D eigenvalue weighted by Gasteiger charge is 2.39. The van der Waals surface area contributed by atoms with E-state index in [1.165, 1.54) is 43.6 Å². The van der Waals surface area contributed by atoms with E-state index >= 15 is 0 Å². The molecule has 2 aromatic rings. The fourth-order valence-electron chi connectivity index (χ4n) is 4.26. The van der Waals surface area contributed by atoms with E-state index in [4.69, 9.17) is 0 Å². The van der Waals surface area contributed by atoms with Gasteiger partial charge < -0.3 is 4.57 Å². The number of aromatic nitrogens is 2. The molecule has 2 aliphatic carbocycles. The number of hydrogen-bond acceptors (Lipinski definition) is 1. The predicted molar refractivity (Wildman–Crippen MR) is 73.4 cm³/mol. The van der Waals surface area contributed by atoms with Crippen LogP contribution in [0.5, 0.6) is 0 Å². The standard InChI is InChI=1S/C16H20N2/c1-11-17-15-4-2-3-5-16(15)18(11)10-14-9-12-6-7-13(14)8-12/h2-5,12-14H,6-10H2,1H3. The van der Waals surface area contributed by atoms with Crippen LogP contribution >= 0.6 is 0 Å². The molecule has 18 heavy (non-hydrogen) atoms. The Labute approximate surface area is 108 Å². The minimum Gasteiger partial charge on any atom is -0.328 e. The molecule has 2 fully saturated rings. The smallest absolute Gasteiger partial charge is 0.106 e. The molecule has 94 valence electrons. The summed E-state index contributed by atoms with van der Waals surface area (Å²) in [6.07, 6.45) is 5.92. The number of benzene rings is 1. The summed E-state index contributed by atoms with van der Waals surface area (Å²) in [4.78, 5) is 4.68. The van der Waals surface area contributed by atoms with Crippen LogP contribution in [0.25, 0.3) is 11.0 Å². The van der Waals surface area contributed by atoms with E-state index in [0.29, 0.717) is 0 Å². The summed E-state index contributed by atoms with van der Waals surface area (Å²) in [5.41, 5.74) is 2.47. The second kappa shape index (κ2) is 3.84. The lowest BCUT2D eigenvalue weighted by molar-refractivity contribution is 0.296. The molecule has 1 aromatic carbocycles. The minimum absolute atomic E-state index is 0.903. The third-order valence-electron chi connectivity index (χ3n) is 5.15. The molecule has 4 rings (SSSR count). The van der Waals surface area contributed by atoms with Crippen LogP contribution in [0.3, 0.4) is 0 Å². The maximum absolute atomic E-state index is 4.68. The molecule has 0 saturated heterocycles. The van der Waals surface area contributed by atoms with Crippen molar-refractivity contribution in [2.45, 2.75) is 39.2 Å². The van der Waals surface area contributed by atoms with E-state index in [2.05, 4.69) is 40.7 Å². The van der Waals surface area contributed by atoms with Gasteiger partial charge >= 0.3 is 0 Å². The van der Waals surface area contributed by atoms with Crippen molar-refractivity contribution in [1.82, 2.24) is 9.55 Å². The molecule has 0 N–H and O–H groups in total. The zero-order chi connectivity index (χ0) is 12.1. The van der Waals surface area contributed by atoms with Gasteiger partial charge in [-0.3, -0.25) is 0 Å². The lowest BCUT2D eigenvalue weighted by Gasteiger charge is -2.23. The molecule has 2 aliphatic rings. The van der Waals surface area contributed by atoms with Crippen molar-refractivity contribution in [2.24, 2.45) is 17.8 Å². The molecule has 0 spiro atoms. The van der Waals surface area contributed by atoms with Gasteiger partial charge in [0.1, 0.15) is 5.82 Å². The first kappa shape index (κ1) is 10.6. The van der Waals surface area contributed by atoms with Crippen molar-refractivity contribution in [3.05, 3.63) is 30.1 Å². The Balaban J connectivity index is 1.68. The average molecular weight is 240 g/mol. The molecule has 3 unspecified atom stereocenters. The predicted octanol–water partition coefficient (Wildman–Crippen LogP) is 3.78. The highest BCUT2D eigenvalue weighted by atomic mass is 15.1. The second-order valence-electron chi connectivity index (χ2n) is 6.19. The third-order valence-corrected chi connectivity index (χ3v) is 5.15. The van der Waals surface area contributed by atoms with E-state index < -0.39 is 0 Å². The first-order valence-electron chi connectivity index (χ1n) is 7.23. The topological polar surface area (TPSA) is 17.8 Å². The number of hydrogen-bond donors (Lipinski definition) is 0. The average Bonchev–Trinajstić information content (AvgIpc) is 3.05. The number of rotatable bonds is 2. The fourth-order valence-corrected chi connectivity index (χ4v) is 4.26. The summed E-state index contributed by atoms with van der Waals surface area (Å²) in [5, 5.41) is 0. The Morgan fingerprint density at radius 2 is 2.11 bits per heavy atom. The van der Waals surface area contributed by atoms with Gasteiger partial charge in [-0.2, -0.15) is 0 Å². The highest BCUT2D eigenvalue weighted by Crippen LogP contribution is 2.49. The summed E-state index contributed by atoms with van der Waals surface area (Å²) < 4.78 is 2.45. The molecule has 2 saturated carbocycles. The summed E-state index contributed by atoms with van der Waals surface area (Å²) >= 11 is 0. The zero-order valence-corrected chi connectivity index (χ0v) is 11.0. The van der Waals surface area contributed by atoms with Gasteiger partial charge in [0, 0.05) is 6.54 Å². The highest BCUT2D eigenvalue weighted by molar-refractivity contribution is 5.75. The van der Waals surface area contributed by atoms with Crippen LogP contribution in [0.2, 0.25) is 0 Å². The van der Waals surface area contributed by atoms with Gasteiger partial charge in [-0.05, 0) is 56.1 Å². The largest absolute Gasteiger partial charge is 0.328 e. The Hall–Kier alpha value is -1.31. The van der Waals surface area contributed by atoms with Crippen LogP contribution in [-0.2, 0) is 6.54 Å². The fraction of sp³-hybridized carbons (Fsp3) is 0.562. The quantitative estimate of drug-likeness (QED) is 0.781. The van der Waals surface area contributed by atoms with Crippen LogP contribution in [0, 0.1) is 24.7 Å². The zero-order valence-electron chi connectivity index (χ0n) is 11.0. The maximum Gasteiger partial charge on any atom is 0.106 e. The molecule has 1 heterocycles. The van der Waals surface area contributed by atoms with Crippen molar-refractivity contribution in [2.75, 3.05) is 0 Å². The molecule has 3 atom stereocenters. The first-order chi connectivity index (χ1) is 8.81. The molecule has 0 aliphatic heterocycles. The van der Waals surface area contributed by atoms with Crippen molar-refractivity contribution < 1.29 is 0 Å². The SMILES string of the molecule is Cc1nc2ccccc2n1CC1CC2CCC1C2. The van der Waals surface area contributed by atoms with E-state index in [1.807, 2.05) is 0 Å². The van der Waals surface area contributed by atoms with Gasteiger partial charge in [0.15, 0.2) is 0 Å². The monoisotopic (exact) mass is 240 g/mol. The van der Waals surface area contributed by atoms with Crippen molar-refractivity contribution in [3.8, 4) is 0 Å². The molecule has 2 nitrogen and oxygen atoms in total. The normalized spacial score (nSPS) is 30.4. The molecule has 2 bridgehead atoms. The Morgan fingerprint density at radius 1 is 1.22 bits per heavy atom. The van der Waals surface area contributed by atoms with Crippen LogP contribution in [0.15, 0.2) is 24.3 Å². The van der Waals surface area contributed by atoms with Crippen molar-refractivity contribution >= 4 is 11.0 Å². The Kier molecular flexibility index (Phi) is 2.26. The number of aryl methyl sites for hydroxylation is 1. The molecule has 0 amide bonds. The van der Waals surface area contributed by atoms with Gasteiger partial charge in [0.05, 0.1) is 11.0 Å². The lowest BCUT2D eigenvalue weighted by Crippen LogP contribution is -2.17. The Bertz CT molecular complexity index is 584. The van der Waals surface area contributed by atoms with Crippen LogP contribution in [-0.4, -0.2) is 9.55 Å². The van der Waals surface area contributed by atoms with E-state index in [9.17, 15) is 0 Å². The van der Waals surface area contributed by atoms with E-state index in [0.717, 1.165) is 23.3 Å². The van der Waals surface area contributed by atoms with Crippen LogP contribution in [0.4, 0.5) is 0 Å². The van der Waals surface area contributed by atoms with Crippen LogP contribution < -0.4 is 0 Å². The molecule has 1 aromatic heterocycles. The van der Waals surface area contributed by atoms with Gasteiger partial charge in [-0.25, -0.2) is 4.98 Å². The van der Waals surface area contributed by atoms with Gasteiger partial charge in [-0.15, -0.1) is 0 Å². The maximum atomic E-state index is 4.68. The van der Waals surface area contributed by atoms with Crippen molar-refractivity contribution in [1.29, 1.82) is 0 Å². The van der Waals surface area contributed by atoms with Gasteiger partial charge in [0.25, 0.3) is 0 Å². The number of nitrogens with zero attached hydrogens (tertiary/aromatic N) is 2. The molecule has 0 radical (unpaired) electrons.